The first-order valence-electron chi connectivity index (χ1n) is 8.13. The number of hydrogen-bond acceptors (Lipinski definition) is 7. The Bertz CT molecular complexity index is 1010. The van der Waals surface area contributed by atoms with Gasteiger partial charge in [-0.05, 0) is 35.0 Å². The molecule has 7 nitrogen and oxygen atoms in total. The van der Waals surface area contributed by atoms with Gasteiger partial charge in [0.15, 0.2) is 0 Å². The molecule has 4 rings (SSSR count). The Balaban J connectivity index is 1.53. The van der Waals surface area contributed by atoms with Crippen molar-refractivity contribution in [1.82, 2.24) is 14.7 Å². The third kappa shape index (κ3) is 4.09. The van der Waals surface area contributed by atoms with Crippen molar-refractivity contribution in [2.75, 3.05) is 0 Å². The molecule has 0 bridgehead atoms. The molecule has 27 heavy (non-hydrogen) atoms. The SMILES string of the molecule is O=C(Cn1nc(-c2cccs2)oc1=O)N(Cc1ccco1)Cc1cccs1. The Kier molecular flexibility index (Phi) is 5.03. The smallest absolute Gasteiger partial charge is 0.437 e. The van der Waals surface area contributed by atoms with Crippen LogP contribution in [0, 0.1) is 0 Å². The summed E-state index contributed by atoms with van der Waals surface area (Å²) in [6.45, 7) is 0.551. The number of aromatic nitrogens is 2. The van der Waals surface area contributed by atoms with E-state index >= 15 is 0 Å². The van der Waals surface area contributed by atoms with Gasteiger partial charge in [0.1, 0.15) is 12.3 Å². The molecule has 0 radical (unpaired) electrons. The Morgan fingerprint density at radius 2 is 1.96 bits per heavy atom. The number of amides is 1. The molecule has 0 atom stereocenters. The van der Waals surface area contributed by atoms with Crippen molar-refractivity contribution in [3.05, 3.63) is 74.6 Å². The summed E-state index contributed by atoms with van der Waals surface area (Å²) in [7, 11) is 0. The van der Waals surface area contributed by atoms with Crippen molar-refractivity contribution < 1.29 is 13.6 Å². The summed E-state index contributed by atoms with van der Waals surface area (Å²) in [5.74, 6) is -0.000858. The van der Waals surface area contributed by atoms with Gasteiger partial charge in [0, 0.05) is 4.88 Å². The third-order valence-corrected chi connectivity index (χ3v) is 5.55. The monoisotopic (exact) mass is 401 g/mol. The van der Waals surface area contributed by atoms with Gasteiger partial charge in [-0.2, -0.15) is 4.68 Å². The zero-order chi connectivity index (χ0) is 18.6. The van der Waals surface area contributed by atoms with Crippen LogP contribution in [0.15, 0.2) is 67.1 Å². The van der Waals surface area contributed by atoms with Crippen LogP contribution in [0.1, 0.15) is 10.6 Å². The molecule has 0 aliphatic rings. The lowest BCUT2D eigenvalue weighted by atomic mass is 10.3. The molecule has 0 saturated carbocycles. The van der Waals surface area contributed by atoms with Gasteiger partial charge in [0.05, 0.1) is 24.2 Å². The number of thiophene rings is 2. The van der Waals surface area contributed by atoms with Gasteiger partial charge in [-0.3, -0.25) is 4.79 Å². The predicted molar refractivity (Wildman–Crippen MR) is 101 cm³/mol. The molecule has 0 aromatic carbocycles. The summed E-state index contributed by atoms with van der Waals surface area (Å²) in [4.78, 5) is 28.4. The van der Waals surface area contributed by atoms with Crippen LogP contribution in [0.2, 0.25) is 0 Å². The second-order valence-corrected chi connectivity index (χ2v) is 7.70. The minimum Gasteiger partial charge on any atom is -0.467 e. The highest BCUT2D eigenvalue weighted by Gasteiger charge is 2.20. The van der Waals surface area contributed by atoms with E-state index in [9.17, 15) is 9.59 Å². The lowest BCUT2D eigenvalue weighted by Crippen LogP contribution is -2.35. The summed E-state index contributed by atoms with van der Waals surface area (Å²) in [5, 5.41) is 7.97. The zero-order valence-corrected chi connectivity index (χ0v) is 15.7. The van der Waals surface area contributed by atoms with Crippen LogP contribution < -0.4 is 5.76 Å². The van der Waals surface area contributed by atoms with E-state index in [1.807, 2.05) is 41.1 Å². The molecule has 4 aromatic heterocycles. The number of carbonyl (C=O) groups excluding carboxylic acids is 1. The average Bonchev–Trinajstić information content (AvgIpc) is 3.44. The van der Waals surface area contributed by atoms with E-state index in [1.54, 1.807) is 28.6 Å². The van der Waals surface area contributed by atoms with Crippen LogP contribution in [-0.2, 0) is 24.4 Å². The first-order valence-corrected chi connectivity index (χ1v) is 9.89. The van der Waals surface area contributed by atoms with Crippen LogP contribution in [0.3, 0.4) is 0 Å². The summed E-state index contributed by atoms with van der Waals surface area (Å²) in [6.07, 6.45) is 1.57. The van der Waals surface area contributed by atoms with E-state index in [2.05, 4.69) is 5.10 Å². The Labute approximate surface area is 162 Å². The first kappa shape index (κ1) is 17.5. The standard InChI is InChI=1S/C18H15N3O4S2/c22-16(12-21-18(23)25-17(19-21)15-6-3-9-27-15)20(10-13-4-1-7-24-13)11-14-5-2-8-26-14/h1-9H,10-12H2. The molecule has 9 heteroatoms. The molecule has 0 unspecified atom stereocenters. The predicted octanol–water partition coefficient (Wildman–Crippen LogP) is 3.45. The van der Waals surface area contributed by atoms with Crippen LogP contribution >= 0.6 is 22.7 Å². The second-order valence-electron chi connectivity index (χ2n) is 5.72. The van der Waals surface area contributed by atoms with Crippen molar-refractivity contribution in [1.29, 1.82) is 0 Å². The fraction of sp³-hybridized carbons (Fsp3) is 0.167. The molecular formula is C18H15N3O4S2. The quantitative estimate of drug-likeness (QED) is 0.474. The van der Waals surface area contributed by atoms with Crippen molar-refractivity contribution in [2.45, 2.75) is 19.6 Å². The summed E-state index contributed by atoms with van der Waals surface area (Å²) in [6, 6.07) is 11.1. The molecule has 4 aromatic rings. The van der Waals surface area contributed by atoms with Crippen LogP contribution in [0.4, 0.5) is 0 Å². The van der Waals surface area contributed by atoms with Gasteiger partial charge in [-0.1, -0.05) is 12.1 Å². The van der Waals surface area contributed by atoms with Gasteiger partial charge in [-0.25, -0.2) is 4.79 Å². The highest BCUT2D eigenvalue weighted by molar-refractivity contribution is 7.13. The molecular weight excluding hydrogens is 386 g/mol. The lowest BCUT2D eigenvalue weighted by molar-refractivity contribution is -0.133. The molecule has 0 N–H and O–H groups in total. The molecule has 0 aliphatic heterocycles. The normalized spacial score (nSPS) is 11.0. The highest BCUT2D eigenvalue weighted by atomic mass is 32.1. The summed E-state index contributed by atoms with van der Waals surface area (Å²) in [5.41, 5.74) is 0. The number of rotatable bonds is 7. The van der Waals surface area contributed by atoms with E-state index in [1.165, 1.54) is 11.3 Å². The molecule has 0 spiro atoms. The largest absolute Gasteiger partial charge is 0.467 e. The topological polar surface area (TPSA) is 81.5 Å². The second kappa shape index (κ2) is 7.77. The molecule has 0 fully saturated rings. The van der Waals surface area contributed by atoms with E-state index < -0.39 is 5.76 Å². The van der Waals surface area contributed by atoms with Gasteiger partial charge in [0.25, 0.3) is 5.89 Å². The number of hydrogen-bond donors (Lipinski definition) is 0. The van der Waals surface area contributed by atoms with E-state index in [4.69, 9.17) is 8.83 Å². The molecule has 0 saturated heterocycles. The van der Waals surface area contributed by atoms with E-state index in [0.717, 1.165) is 14.4 Å². The van der Waals surface area contributed by atoms with Gasteiger partial charge in [-0.15, -0.1) is 27.8 Å². The van der Waals surface area contributed by atoms with Crippen molar-refractivity contribution >= 4 is 28.6 Å². The fourth-order valence-electron chi connectivity index (χ4n) is 2.55. The van der Waals surface area contributed by atoms with Crippen LogP contribution in [0.5, 0.6) is 0 Å². The Morgan fingerprint density at radius 1 is 1.11 bits per heavy atom. The van der Waals surface area contributed by atoms with E-state index in [-0.39, 0.29) is 18.3 Å². The van der Waals surface area contributed by atoms with Gasteiger partial charge < -0.3 is 13.7 Å². The van der Waals surface area contributed by atoms with E-state index in [0.29, 0.717) is 18.8 Å². The van der Waals surface area contributed by atoms with Gasteiger partial charge >= 0.3 is 5.76 Å². The first-order chi connectivity index (χ1) is 13.2. The molecule has 1 amide bonds. The minimum absolute atomic E-state index is 0.195. The third-order valence-electron chi connectivity index (χ3n) is 3.83. The van der Waals surface area contributed by atoms with Crippen molar-refractivity contribution in [3.8, 4) is 10.8 Å². The number of carbonyl (C=O) groups is 1. The Morgan fingerprint density at radius 3 is 2.67 bits per heavy atom. The minimum atomic E-state index is -0.652. The molecule has 138 valence electrons. The van der Waals surface area contributed by atoms with Crippen LogP contribution in [0.25, 0.3) is 10.8 Å². The average molecular weight is 401 g/mol. The summed E-state index contributed by atoms with van der Waals surface area (Å²) >= 11 is 2.98. The van der Waals surface area contributed by atoms with Crippen molar-refractivity contribution in [3.63, 3.8) is 0 Å². The lowest BCUT2D eigenvalue weighted by Gasteiger charge is -2.20. The molecule has 0 aliphatic carbocycles. The fourth-order valence-corrected chi connectivity index (χ4v) is 3.91. The number of nitrogens with zero attached hydrogens (tertiary/aromatic N) is 3. The Hall–Kier alpha value is -2.91. The number of furan rings is 1. The summed E-state index contributed by atoms with van der Waals surface area (Å²) < 4.78 is 11.6. The maximum Gasteiger partial charge on any atom is 0.437 e. The van der Waals surface area contributed by atoms with Crippen molar-refractivity contribution in [2.24, 2.45) is 0 Å². The molecule has 4 heterocycles. The maximum atomic E-state index is 12.9. The van der Waals surface area contributed by atoms with Gasteiger partial charge in [0.2, 0.25) is 5.91 Å². The zero-order valence-electron chi connectivity index (χ0n) is 14.1. The highest BCUT2D eigenvalue weighted by Crippen LogP contribution is 2.21. The maximum absolute atomic E-state index is 12.9. The van der Waals surface area contributed by atoms with Crippen LogP contribution in [-0.4, -0.2) is 20.6 Å².